The Balaban J connectivity index is 1.73. The molecule has 0 bridgehead atoms. The van der Waals surface area contributed by atoms with E-state index in [1.165, 1.54) is 11.3 Å². The van der Waals surface area contributed by atoms with Gasteiger partial charge >= 0.3 is 11.8 Å². The van der Waals surface area contributed by atoms with Gasteiger partial charge in [-0.1, -0.05) is 11.6 Å². The number of aliphatic hydroxyl groups is 1. The number of amides is 2. The summed E-state index contributed by atoms with van der Waals surface area (Å²) in [6, 6.07) is 6.08. The van der Waals surface area contributed by atoms with E-state index in [0.29, 0.717) is 15.7 Å². The number of aliphatic hydroxyl groups excluding tert-OH is 1. The first kappa shape index (κ1) is 19.8. The zero-order valence-corrected chi connectivity index (χ0v) is 16.4. The number of nitrogens with zero attached hydrogens (tertiary/aromatic N) is 1. The fourth-order valence-corrected chi connectivity index (χ4v) is 4.16. The molecule has 1 aromatic heterocycles. The molecule has 0 aliphatic carbocycles. The maximum atomic E-state index is 12.5. The Labute approximate surface area is 166 Å². The second kappa shape index (κ2) is 8.79. The van der Waals surface area contributed by atoms with Crippen molar-refractivity contribution >= 4 is 40.4 Å². The van der Waals surface area contributed by atoms with Crippen LogP contribution in [0.2, 0.25) is 5.02 Å². The van der Waals surface area contributed by atoms with Crippen LogP contribution in [0.25, 0.3) is 0 Å². The molecular formula is C18H21ClN4O3S. The average Bonchev–Trinajstić information content (AvgIpc) is 3.31. The number of hydrogen-bond donors (Lipinski definition) is 4. The van der Waals surface area contributed by atoms with E-state index in [4.69, 9.17) is 11.6 Å². The van der Waals surface area contributed by atoms with Crippen molar-refractivity contribution < 1.29 is 14.7 Å². The molecule has 0 saturated carbocycles. The van der Waals surface area contributed by atoms with Gasteiger partial charge in [0.25, 0.3) is 0 Å². The second-order valence-corrected chi connectivity index (χ2v) is 7.89. The molecule has 1 saturated heterocycles. The van der Waals surface area contributed by atoms with Crippen LogP contribution in [0.3, 0.4) is 0 Å². The van der Waals surface area contributed by atoms with Crippen molar-refractivity contribution in [2.45, 2.75) is 38.5 Å². The highest BCUT2D eigenvalue weighted by molar-refractivity contribution is 7.11. The highest BCUT2D eigenvalue weighted by atomic mass is 35.5. The Morgan fingerprint density at radius 3 is 2.70 bits per heavy atom. The lowest BCUT2D eigenvalue weighted by atomic mass is 10.1. The molecule has 144 valence electrons. The number of aryl methyl sites for hydroxylation is 1. The third-order valence-electron chi connectivity index (χ3n) is 4.41. The molecule has 2 amide bonds. The summed E-state index contributed by atoms with van der Waals surface area (Å²) in [4.78, 5) is 30.0. The lowest BCUT2D eigenvalue weighted by Gasteiger charge is -2.23. The summed E-state index contributed by atoms with van der Waals surface area (Å²) in [7, 11) is 0. The van der Waals surface area contributed by atoms with Gasteiger partial charge in [-0.25, -0.2) is 4.98 Å². The molecule has 4 N–H and O–H groups in total. The minimum absolute atomic E-state index is 0.00521. The van der Waals surface area contributed by atoms with Crippen LogP contribution >= 0.6 is 22.9 Å². The number of halogens is 1. The maximum absolute atomic E-state index is 12.5. The van der Waals surface area contributed by atoms with Crippen molar-refractivity contribution in [2.24, 2.45) is 0 Å². The van der Waals surface area contributed by atoms with E-state index in [0.717, 1.165) is 30.0 Å². The first-order valence-electron chi connectivity index (χ1n) is 8.66. The minimum Gasteiger partial charge on any atom is -0.391 e. The Morgan fingerprint density at radius 2 is 2.11 bits per heavy atom. The number of benzene rings is 1. The first-order valence-corrected chi connectivity index (χ1v) is 9.85. The summed E-state index contributed by atoms with van der Waals surface area (Å²) in [5.41, 5.74) is 1.23. The normalized spacial score (nSPS) is 17.5. The molecule has 1 aromatic carbocycles. The lowest BCUT2D eigenvalue weighted by molar-refractivity contribution is -0.136. The highest BCUT2D eigenvalue weighted by Gasteiger charge is 2.32. The lowest BCUT2D eigenvalue weighted by Crippen LogP contribution is -2.44. The predicted octanol–water partition coefficient (Wildman–Crippen LogP) is 2.15. The van der Waals surface area contributed by atoms with Crippen molar-refractivity contribution in [1.82, 2.24) is 15.6 Å². The quantitative estimate of drug-likeness (QED) is 0.567. The zero-order valence-electron chi connectivity index (χ0n) is 14.8. The first-order chi connectivity index (χ1) is 13.0. The molecule has 2 atom stereocenters. The molecule has 1 aliphatic heterocycles. The van der Waals surface area contributed by atoms with E-state index in [2.05, 4.69) is 20.9 Å². The van der Waals surface area contributed by atoms with Crippen molar-refractivity contribution in [2.75, 3.05) is 11.9 Å². The number of anilines is 1. The van der Waals surface area contributed by atoms with Crippen LogP contribution in [0.5, 0.6) is 0 Å². The third kappa shape index (κ3) is 4.84. The van der Waals surface area contributed by atoms with Gasteiger partial charge < -0.3 is 21.1 Å². The molecule has 0 spiro atoms. The number of carbonyl (C=O) groups excluding carboxylic acids is 2. The van der Waals surface area contributed by atoms with E-state index in [1.807, 2.05) is 6.92 Å². The molecule has 27 heavy (non-hydrogen) atoms. The summed E-state index contributed by atoms with van der Waals surface area (Å²) >= 11 is 7.18. The van der Waals surface area contributed by atoms with E-state index in [1.54, 1.807) is 24.3 Å². The molecule has 9 heteroatoms. The zero-order chi connectivity index (χ0) is 19.4. The van der Waals surface area contributed by atoms with Crippen molar-refractivity contribution in [1.29, 1.82) is 0 Å². The van der Waals surface area contributed by atoms with Gasteiger partial charge in [0, 0.05) is 16.8 Å². The van der Waals surface area contributed by atoms with Crippen LogP contribution in [0.1, 0.15) is 34.5 Å². The largest absolute Gasteiger partial charge is 0.391 e. The van der Waals surface area contributed by atoms with Gasteiger partial charge in [0.05, 0.1) is 23.2 Å². The minimum atomic E-state index is -0.754. The number of thiazole rings is 1. The molecular weight excluding hydrogens is 388 g/mol. The number of carbonyl (C=O) groups is 2. The van der Waals surface area contributed by atoms with Gasteiger partial charge in [0.2, 0.25) is 0 Å². The second-order valence-electron chi connectivity index (χ2n) is 6.33. The van der Waals surface area contributed by atoms with Gasteiger partial charge in [-0.15, -0.1) is 11.3 Å². The van der Waals surface area contributed by atoms with E-state index in [9.17, 15) is 14.7 Å². The van der Waals surface area contributed by atoms with E-state index < -0.39 is 17.9 Å². The number of rotatable bonds is 5. The number of hydrogen-bond acceptors (Lipinski definition) is 6. The van der Waals surface area contributed by atoms with Crippen LogP contribution in [0.15, 0.2) is 24.3 Å². The summed E-state index contributed by atoms with van der Waals surface area (Å²) in [5, 5.41) is 19.4. The van der Waals surface area contributed by atoms with Crippen LogP contribution in [-0.2, 0) is 16.2 Å². The molecule has 2 aromatic rings. The van der Waals surface area contributed by atoms with Gasteiger partial charge in [-0.05, 0) is 50.6 Å². The number of aromatic nitrogens is 1. The Kier molecular flexibility index (Phi) is 6.43. The summed E-state index contributed by atoms with van der Waals surface area (Å²) in [6.45, 7) is 2.57. The van der Waals surface area contributed by atoms with Gasteiger partial charge in [-0.2, -0.15) is 0 Å². The topological polar surface area (TPSA) is 103 Å². The third-order valence-corrected chi connectivity index (χ3v) is 5.89. The van der Waals surface area contributed by atoms with Crippen molar-refractivity contribution in [3.8, 4) is 0 Å². The SMILES string of the molecule is Cc1nc(C(NC(=O)C(=O)Nc2ccc(Cl)cc2)C2CCCN2)sc1CO. The van der Waals surface area contributed by atoms with Crippen LogP contribution in [0, 0.1) is 6.92 Å². The maximum Gasteiger partial charge on any atom is 0.313 e. The van der Waals surface area contributed by atoms with Gasteiger partial charge in [-0.3, -0.25) is 9.59 Å². The van der Waals surface area contributed by atoms with Crippen LogP contribution in [0.4, 0.5) is 5.69 Å². The molecule has 2 heterocycles. The summed E-state index contributed by atoms with van der Waals surface area (Å²) in [6.07, 6.45) is 1.86. The summed E-state index contributed by atoms with van der Waals surface area (Å²) < 4.78 is 0. The fraction of sp³-hybridized carbons (Fsp3) is 0.389. The molecule has 1 aliphatic rings. The monoisotopic (exact) mass is 408 g/mol. The van der Waals surface area contributed by atoms with Gasteiger partial charge in [0.1, 0.15) is 5.01 Å². The van der Waals surface area contributed by atoms with Crippen molar-refractivity contribution in [3.63, 3.8) is 0 Å². The fourth-order valence-electron chi connectivity index (χ4n) is 2.99. The smallest absolute Gasteiger partial charge is 0.313 e. The Hall–Kier alpha value is -2.00. The number of nitrogens with one attached hydrogen (secondary N) is 3. The average molecular weight is 409 g/mol. The van der Waals surface area contributed by atoms with Gasteiger partial charge in [0.15, 0.2) is 0 Å². The highest BCUT2D eigenvalue weighted by Crippen LogP contribution is 2.29. The Morgan fingerprint density at radius 1 is 1.37 bits per heavy atom. The Bertz CT molecular complexity index is 819. The van der Waals surface area contributed by atoms with Crippen LogP contribution < -0.4 is 16.0 Å². The predicted molar refractivity (Wildman–Crippen MR) is 105 cm³/mol. The summed E-state index contributed by atoms with van der Waals surface area (Å²) in [5.74, 6) is -1.49. The van der Waals surface area contributed by atoms with Crippen molar-refractivity contribution in [3.05, 3.63) is 44.9 Å². The molecule has 7 nitrogen and oxygen atoms in total. The standard InChI is InChI=1S/C18H21ClN4O3S/c1-10-14(9-24)27-18(21-10)15(13-3-2-8-20-13)23-17(26)16(25)22-12-6-4-11(19)5-7-12/h4-7,13,15,20,24H,2-3,8-9H2,1H3,(H,22,25)(H,23,26). The van der Waals surface area contributed by atoms with E-state index >= 15 is 0 Å². The van der Waals surface area contributed by atoms with E-state index in [-0.39, 0.29) is 12.6 Å². The molecule has 2 unspecified atom stereocenters. The molecule has 3 rings (SSSR count). The van der Waals surface area contributed by atoms with Crippen LogP contribution in [-0.4, -0.2) is 34.5 Å². The molecule has 1 fully saturated rings. The molecule has 0 radical (unpaired) electrons.